The first-order chi connectivity index (χ1) is 24.8. The summed E-state index contributed by atoms with van der Waals surface area (Å²) in [4.78, 5) is 33.8. The Bertz CT molecular complexity index is 939. The number of nitrogens with one attached hydrogen (secondary N) is 1. The molecule has 0 aromatic heterocycles. The highest BCUT2D eigenvalue weighted by Crippen LogP contribution is 2.42. The van der Waals surface area contributed by atoms with Gasteiger partial charge in [0.15, 0.2) is 0 Å². The molecule has 0 aliphatic rings. The topological polar surface area (TPSA) is 131 Å². The first kappa shape index (κ1) is 49.2. The number of aliphatic hydroxyl groups is 1. The third kappa shape index (κ3) is 39.3. The van der Waals surface area contributed by atoms with E-state index in [1.54, 1.807) is 0 Å². The first-order valence-electron chi connectivity index (χ1n) is 20.5. The molecule has 0 aromatic rings. The van der Waals surface area contributed by atoms with Gasteiger partial charge in [0.05, 0.1) is 13.2 Å². The van der Waals surface area contributed by atoms with Gasteiger partial charge in [0, 0.05) is 19.4 Å². The summed E-state index contributed by atoms with van der Waals surface area (Å²) in [6.45, 7) is 3.48. The van der Waals surface area contributed by atoms with Crippen LogP contribution >= 0.6 is 7.82 Å². The number of allylic oxidation sites excluding steroid dienone is 6. The average Bonchev–Trinajstić information content (AvgIpc) is 3.11. The maximum Gasteiger partial charge on any atom is 0.472 e. The summed E-state index contributed by atoms with van der Waals surface area (Å²) in [5.74, 6) is -0.534. The highest BCUT2D eigenvalue weighted by molar-refractivity contribution is 7.47. The molecule has 10 heteroatoms. The number of rotatable bonds is 38. The van der Waals surface area contributed by atoms with Crippen LogP contribution in [0.15, 0.2) is 36.5 Å². The quantitative estimate of drug-likeness (QED) is 0.0247. The van der Waals surface area contributed by atoms with Crippen molar-refractivity contribution in [3.63, 3.8) is 0 Å². The normalized spacial score (nSPS) is 13.7. The SMILES string of the molecule is CCCCC/C=C\CCCCCCCC(=O)OCC(O)COP(=O)(O)OCCNC(=O)CCCCCCCCC/C=C\C/C=C\CCCCCC. The van der Waals surface area contributed by atoms with E-state index in [1.165, 1.54) is 83.5 Å². The number of amides is 1. The Kier molecular flexibility index (Phi) is 36.7. The molecule has 9 nitrogen and oxygen atoms in total. The van der Waals surface area contributed by atoms with Crippen LogP contribution in [0.1, 0.15) is 181 Å². The molecule has 0 saturated carbocycles. The standard InChI is InChI=1S/C41H76NO8P/c1-3-5-7-9-11-13-15-17-18-19-20-21-22-23-25-27-29-31-33-40(44)42-35-36-49-51(46,47)50-38-39(43)37-48-41(45)34-32-30-28-26-24-16-14-12-10-8-6-4-2/h12-15,18-19,39,43H,3-11,16-17,20-38H2,1-2H3,(H,42,44)(H,46,47)/b14-12-,15-13-,19-18-. The van der Waals surface area contributed by atoms with Gasteiger partial charge in [0.1, 0.15) is 12.7 Å². The van der Waals surface area contributed by atoms with Crippen LogP contribution in [0.2, 0.25) is 0 Å². The molecule has 0 aromatic carbocycles. The fraction of sp³-hybridized carbons (Fsp3) is 0.805. The van der Waals surface area contributed by atoms with E-state index in [1.807, 2.05) is 0 Å². The number of carbonyl (C=O) groups is 2. The van der Waals surface area contributed by atoms with Gasteiger partial charge in [0.2, 0.25) is 5.91 Å². The number of aliphatic hydroxyl groups excluding tert-OH is 1. The molecule has 0 heterocycles. The maximum absolute atomic E-state index is 12.1. The summed E-state index contributed by atoms with van der Waals surface area (Å²) in [5, 5.41) is 12.7. The van der Waals surface area contributed by atoms with Crippen molar-refractivity contribution in [2.75, 3.05) is 26.4 Å². The number of hydrogen-bond donors (Lipinski definition) is 3. The van der Waals surface area contributed by atoms with E-state index in [0.717, 1.165) is 70.6 Å². The van der Waals surface area contributed by atoms with Crippen molar-refractivity contribution in [2.45, 2.75) is 187 Å². The van der Waals surface area contributed by atoms with Crippen LogP contribution in [0, 0.1) is 0 Å². The minimum absolute atomic E-state index is 0.0763. The van der Waals surface area contributed by atoms with Crippen molar-refractivity contribution in [3.8, 4) is 0 Å². The second-order valence-electron chi connectivity index (χ2n) is 13.6. The van der Waals surface area contributed by atoms with Gasteiger partial charge in [-0.1, -0.05) is 134 Å². The van der Waals surface area contributed by atoms with Gasteiger partial charge < -0.3 is 20.1 Å². The lowest BCUT2D eigenvalue weighted by atomic mass is 10.1. The Labute approximate surface area is 312 Å². The van der Waals surface area contributed by atoms with Crippen molar-refractivity contribution in [1.29, 1.82) is 0 Å². The summed E-state index contributed by atoms with van der Waals surface area (Å²) in [6, 6.07) is 0. The van der Waals surface area contributed by atoms with E-state index in [9.17, 15) is 24.2 Å². The van der Waals surface area contributed by atoms with E-state index in [2.05, 4.69) is 55.6 Å². The number of unbranched alkanes of at least 4 members (excludes halogenated alkanes) is 19. The lowest BCUT2D eigenvalue weighted by Gasteiger charge is -2.15. The molecule has 0 radical (unpaired) electrons. The molecule has 0 aliphatic heterocycles. The smallest absolute Gasteiger partial charge is 0.463 e. The number of phosphoric acid groups is 1. The van der Waals surface area contributed by atoms with Crippen LogP contribution in [0.4, 0.5) is 0 Å². The molecule has 0 spiro atoms. The number of phosphoric ester groups is 1. The summed E-state index contributed by atoms with van der Waals surface area (Å²) < 4.78 is 26.8. The molecule has 0 saturated heterocycles. The molecule has 2 unspecified atom stereocenters. The number of hydrogen-bond acceptors (Lipinski definition) is 7. The second kappa shape index (κ2) is 38.0. The van der Waals surface area contributed by atoms with Gasteiger partial charge in [-0.3, -0.25) is 18.6 Å². The Hall–Kier alpha value is -1.77. The molecular weight excluding hydrogens is 665 g/mol. The second-order valence-corrected chi connectivity index (χ2v) is 15.1. The number of ether oxygens (including phenoxy) is 1. The largest absolute Gasteiger partial charge is 0.472 e. The lowest BCUT2D eigenvalue weighted by Crippen LogP contribution is -2.27. The molecule has 298 valence electrons. The summed E-state index contributed by atoms with van der Waals surface area (Å²) in [5.41, 5.74) is 0. The minimum atomic E-state index is -4.42. The third-order valence-corrected chi connectivity index (χ3v) is 9.53. The lowest BCUT2D eigenvalue weighted by molar-refractivity contribution is -0.147. The average molecular weight is 742 g/mol. The van der Waals surface area contributed by atoms with Gasteiger partial charge in [-0.2, -0.15) is 0 Å². The van der Waals surface area contributed by atoms with E-state index in [4.69, 9.17) is 13.8 Å². The molecule has 51 heavy (non-hydrogen) atoms. The van der Waals surface area contributed by atoms with Crippen molar-refractivity contribution in [1.82, 2.24) is 5.32 Å². The monoisotopic (exact) mass is 742 g/mol. The van der Waals surface area contributed by atoms with E-state index in [0.29, 0.717) is 6.42 Å². The highest BCUT2D eigenvalue weighted by Gasteiger charge is 2.23. The van der Waals surface area contributed by atoms with Crippen LogP contribution in [0.25, 0.3) is 0 Å². The molecular formula is C41H76NO8P. The van der Waals surface area contributed by atoms with E-state index in [-0.39, 0.29) is 32.1 Å². The number of carbonyl (C=O) groups excluding carboxylic acids is 2. The summed E-state index contributed by atoms with van der Waals surface area (Å²) in [6.07, 6.45) is 40.7. The van der Waals surface area contributed by atoms with Crippen molar-refractivity contribution >= 4 is 19.7 Å². The first-order valence-corrected chi connectivity index (χ1v) is 22.0. The maximum atomic E-state index is 12.1. The van der Waals surface area contributed by atoms with Gasteiger partial charge in [-0.15, -0.1) is 0 Å². The van der Waals surface area contributed by atoms with Crippen LogP contribution in [0.3, 0.4) is 0 Å². The van der Waals surface area contributed by atoms with Crippen molar-refractivity contribution in [2.24, 2.45) is 0 Å². The molecule has 1 amide bonds. The minimum Gasteiger partial charge on any atom is -0.463 e. The summed E-state index contributed by atoms with van der Waals surface area (Å²) >= 11 is 0. The Morgan fingerprint density at radius 2 is 1.06 bits per heavy atom. The Morgan fingerprint density at radius 3 is 1.63 bits per heavy atom. The fourth-order valence-corrected chi connectivity index (χ4v) is 6.16. The zero-order valence-electron chi connectivity index (χ0n) is 32.5. The van der Waals surface area contributed by atoms with Gasteiger partial charge >= 0.3 is 13.8 Å². The molecule has 2 atom stereocenters. The van der Waals surface area contributed by atoms with Crippen molar-refractivity contribution in [3.05, 3.63) is 36.5 Å². The number of esters is 1. The van der Waals surface area contributed by atoms with Gasteiger partial charge in [-0.05, 0) is 70.6 Å². The van der Waals surface area contributed by atoms with E-state index >= 15 is 0 Å². The third-order valence-electron chi connectivity index (χ3n) is 8.54. The predicted molar refractivity (Wildman–Crippen MR) is 211 cm³/mol. The molecule has 0 aliphatic carbocycles. The molecule has 3 N–H and O–H groups in total. The van der Waals surface area contributed by atoms with Crippen LogP contribution in [-0.2, 0) is 27.9 Å². The molecule has 0 bridgehead atoms. The molecule has 0 rings (SSSR count). The van der Waals surface area contributed by atoms with Crippen molar-refractivity contribution < 1.29 is 37.9 Å². The Morgan fingerprint density at radius 1 is 0.608 bits per heavy atom. The summed E-state index contributed by atoms with van der Waals surface area (Å²) in [7, 11) is -4.42. The zero-order chi connectivity index (χ0) is 37.5. The predicted octanol–water partition coefficient (Wildman–Crippen LogP) is 11.0. The Balaban J connectivity index is 3.62. The van der Waals surface area contributed by atoms with Crippen LogP contribution in [-0.4, -0.2) is 54.3 Å². The highest BCUT2D eigenvalue weighted by atomic mass is 31.2. The van der Waals surface area contributed by atoms with E-state index < -0.39 is 26.5 Å². The van der Waals surface area contributed by atoms with Gasteiger partial charge in [0.25, 0.3) is 0 Å². The molecule has 0 fully saturated rings. The van der Waals surface area contributed by atoms with Crippen LogP contribution in [0.5, 0.6) is 0 Å². The fourth-order valence-electron chi connectivity index (χ4n) is 5.40. The van der Waals surface area contributed by atoms with Crippen LogP contribution < -0.4 is 5.32 Å². The zero-order valence-corrected chi connectivity index (χ0v) is 33.4. The van der Waals surface area contributed by atoms with Gasteiger partial charge in [-0.25, -0.2) is 4.57 Å².